The fourth-order valence-electron chi connectivity index (χ4n) is 1.82. The van der Waals surface area contributed by atoms with Crippen LogP contribution in [0.3, 0.4) is 0 Å². The maximum atomic E-state index is 9.73. The normalized spacial score (nSPS) is 20.4. The zero-order valence-electron chi connectivity index (χ0n) is 9.40. The first-order valence-electron chi connectivity index (χ1n) is 5.54. The summed E-state index contributed by atoms with van der Waals surface area (Å²) in [6.07, 6.45) is 2.29. The van der Waals surface area contributed by atoms with Gasteiger partial charge in [0.2, 0.25) is 0 Å². The first-order valence-corrected chi connectivity index (χ1v) is 5.54. The van der Waals surface area contributed by atoms with Gasteiger partial charge in [0.15, 0.2) is 11.5 Å². The average molecular weight is 223 g/mol. The third kappa shape index (κ3) is 2.58. The van der Waals surface area contributed by atoms with Crippen LogP contribution in [0.4, 0.5) is 0 Å². The Hall–Kier alpha value is -1.42. The summed E-state index contributed by atoms with van der Waals surface area (Å²) in [5.41, 5.74) is 0. The highest BCUT2D eigenvalue weighted by Gasteiger charge is 2.16. The first-order chi connectivity index (χ1) is 7.79. The molecule has 1 fully saturated rings. The van der Waals surface area contributed by atoms with E-state index in [1.165, 1.54) is 0 Å². The van der Waals surface area contributed by atoms with Crippen molar-refractivity contribution < 1.29 is 14.6 Å². The predicted octanol–water partition coefficient (Wildman–Crippen LogP) is 1.53. The van der Waals surface area contributed by atoms with Gasteiger partial charge in [-0.3, -0.25) is 0 Å². The van der Waals surface area contributed by atoms with Crippen molar-refractivity contribution in [1.29, 1.82) is 0 Å². The van der Waals surface area contributed by atoms with E-state index in [0.29, 0.717) is 11.5 Å². The number of phenols is 1. The van der Waals surface area contributed by atoms with Crippen LogP contribution < -0.4 is 14.8 Å². The molecule has 1 aliphatic rings. The molecular formula is C12H17NO3. The van der Waals surface area contributed by atoms with Gasteiger partial charge in [0.1, 0.15) is 11.9 Å². The van der Waals surface area contributed by atoms with E-state index in [4.69, 9.17) is 9.47 Å². The van der Waals surface area contributed by atoms with E-state index in [9.17, 15) is 5.11 Å². The van der Waals surface area contributed by atoms with Crippen molar-refractivity contribution in [3.8, 4) is 17.2 Å². The van der Waals surface area contributed by atoms with E-state index in [1.54, 1.807) is 25.3 Å². The number of ether oxygens (including phenoxy) is 2. The molecule has 1 heterocycles. The summed E-state index contributed by atoms with van der Waals surface area (Å²) in [5, 5.41) is 13.0. The minimum absolute atomic E-state index is 0.130. The Morgan fingerprint density at radius 3 is 2.94 bits per heavy atom. The van der Waals surface area contributed by atoms with Gasteiger partial charge in [-0.1, -0.05) is 0 Å². The van der Waals surface area contributed by atoms with Crippen LogP contribution in [0.15, 0.2) is 18.2 Å². The molecule has 1 aliphatic heterocycles. The largest absolute Gasteiger partial charge is 0.504 e. The zero-order valence-corrected chi connectivity index (χ0v) is 9.40. The van der Waals surface area contributed by atoms with E-state index in [2.05, 4.69) is 5.32 Å². The molecule has 2 rings (SSSR count). The monoisotopic (exact) mass is 223 g/mol. The van der Waals surface area contributed by atoms with Crippen LogP contribution in [-0.2, 0) is 0 Å². The Kier molecular flexibility index (Phi) is 3.51. The number of methoxy groups -OCH3 is 1. The number of benzene rings is 1. The summed E-state index contributed by atoms with van der Waals surface area (Å²) >= 11 is 0. The molecule has 1 saturated heterocycles. The van der Waals surface area contributed by atoms with Crippen molar-refractivity contribution in [2.24, 2.45) is 0 Å². The van der Waals surface area contributed by atoms with Crippen LogP contribution in [0.5, 0.6) is 17.2 Å². The molecule has 1 atom stereocenters. The molecule has 0 aromatic heterocycles. The van der Waals surface area contributed by atoms with Gasteiger partial charge < -0.3 is 19.9 Å². The second kappa shape index (κ2) is 5.07. The highest BCUT2D eigenvalue weighted by Crippen LogP contribution is 2.31. The second-order valence-electron chi connectivity index (χ2n) is 3.92. The van der Waals surface area contributed by atoms with Crippen molar-refractivity contribution in [3.63, 3.8) is 0 Å². The Morgan fingerprint density at radius 2 is 2.31 bits per heavy atom. The lowest BCUT2D eigenvalue weighted by Gasteiger charge is -2.24. The molecule has 0 amide bonds. The molecule has 4 heteroatoms. The van der Waals surface area contributed by atoms with Gasteiger partial charge in [-0.2, -0.15) is 0 Å². The first kappa shape index (κ1) is 11.1. The molecule has 1 aromatic rings. The molecule has 2 N–H and O–H groups in total. The third-order valence-corrected chi connectivity index (χ3v) is 2.71. The standard InChI is InChI=1S/C12H17NO3/c1-15-9-4-5-12(11(14)7-9)16-10-3-2-6-13-8-10/h4-5,7,10,13-14H,2-3,6,8H2,1H3. The molecule has 1 aromatic carbocycles. The summed E-state index contributed by atoms with van der Waals surface area (Å²) in [6, 6.07) is 5.08. The summed E-state index contributed by atoms with van der Waals surface area (Å²) in [7, 11) is 1.57. The Morgan fingerprint density at radius 1 is 1.44 bits per heavy atom. The lowest BCUT2D eigenvalue weighted by atomic mass is 10.1. The summed E-state index contributed by atoms with van der Waals surface area (Å²) in [6.45, 7) is 1.89. The molecular weight excluding hydrogens is 206 g/mol. The third-order valence-electron chi connectivity index (χ3n) is 2.71. The van der Waals surface area contributed by atoms with Crippen molar-refractivity contribution in [1.82, 2.24) is 5.32 Å². The number of aromatic hydroxyl groups is 1. The number of rotatable bonds is 3. The van der Waals surface area contributed by atoms with Crippen LogP contribution in [-0.4, -0.2) is 31.4 Å². The Bertz CT molecular complexity index is 348. The molecule has 16 heavy (non-hydrogen) atoms. The van der Waals surface area contributed by atoms with Crippen molar-refractivity contribution in [3.05, 3.63) is 18.2 Å². The maximum absolute atomic E-state index is 9.73. The highest BCUT2D eigenvalue weighted by molar-refractivity contribution is 5.44. The van der Waals surface area contributed by atoms with Gasteiger partial charge in [-0.05, 0) is 31.5 Å². The predicted molar refractivity (Wildman–Crippen MR) is 61.2 cm³/mol. The molecule has 0 saturated carbocycles. The maximum Gasteiger partial charge on any atom is 0.161 e. The Balaban J connectivity index is 2.03. The van der Waals surface area contributed by atoms with Crippen molar-refractivity contribution in [2.75, 3.05) is 20.2 Å². The number of hydrogen-bond acceptors (Lipinski definition) is 4. The molecule has 0 radical (unpaired) electrons. The summed E-state index contributed by atoms with van der Waals surface area (Å²) < 4.78 is 10.7. The van der Waals surface area contributed by atoms with Crippen LogP contribution in [0.25, 0.3) is 0 Å². The van der Waals surface area contributed by atoms with Gasteiger partial charge in [-0.25, -0.2) is 0 Å². The lowest BCUT2D eigenvalue weighted by molar-refractivity contribution is 0.161. The van der Waals surface area contributed by atoms with E-state index in [0.717, 1.165) is 25.9 Å². The van der Waals surface area contributed by atoms with E-state index in [1.807, 2.05) is 0 Å². The van der Waals surface area contributed by atoms with Gasteiger partial charge in [-0.15, -0.1) is 0 Å². The van der Waals surface area contributed by atoms with Gasteiger partial charge in [0, 0.05) is 12.6 Å². The highest BCUT2D eigenvalue weighted by atomic mass is 16.5. The Labute approximate surface area is 95.2 Å². The number of hydrogen-bond donors (Lipinski definition) is 2. The van der Waals surface area contributed by atoms with Crippen LogP contribution >= 0.6 is 0 Å². The van der Waals surface area contributed by atoms with Crippen molar-refractivity contribution >= 4 is 0 Å². The van der Waals surface area contributed by atoms with Crippen LogP contribution in [0, 0.1) is 0 Å². The summed E-state index contributed by atoms with van der Waals surface area (Å²) in [4.78, 5) is 0. The summed E-state index contributed by atoms with van der Waals surface area (Å²) in [5.74, 6) is 1.28. The zero-order chi connectivity index (χ0) is 11.4. The molecule has 0 spiro atoms. The topological polar surface area (TPSA) is 50.7 Å². The van der Waals surface area contributed by atoms with Crippen molar-refractivity contribution in [2.45, 2.75) is 18.9 Å². The average Bonchev–Trinajstić information content (AvgIpc) is 2.33. The quantitative estimate of drug-likeness (QED) is 0.816. The number of piperidine rings is 1. The SMILES string of the molecule is COc1ccc(OC2CCCNC2)c(O)c1. The minimum atomic E-state index is 0.130. The van der Waals surface area contributed by atoms with E-state index in [-0.39, 0.29) is 11.9 Å². The molecule has 1 unspecified atom stereocenters. The smallest absolute Gasteiger partial charge is 0.161 e. The number of phenolic OH excluding ortho intramolecular Hbond substituents is 1. The minimum Gasteiger partial charge on any atom is -0.504 e. The van der Waals surface area contributed by atoms with Gasteiger partial charge in [0.05, 0.1) is 7.11 Å². The van der Waals surface area contributed by atoms with Gasteiger partial charge in [0.25, 0.3) is 0 Å². The molecule has 0 bridgehead atoms. The fourth-order valence-corrected chi connectivity index (χ4v) is 1.82. The molecule has 0 aliphatic carbocycles. The molecule has 4 nitrogen and oxygen atoms in total. The van der Waals surface area contributed by atoms with Crippen LogP contribution in [0.2, 0.25) is 0 Å². The van der Waals surface area contributed by atoms with E-state index < -0.39 is 0 Å². The fraction of sp³-hybridized carbons (Fsp3) is 0.500. The number of nitrogens with one attached hydrogen (secondary N) is 1. The van der Waals surface area contributed by atoms with Crippen LogP contribution in [0.1, 0.15) is 12.8 Å². The lowest BCUT2D eigenvalue weighted by Crippen LogP contribution is -2.37. The van der Waals surface area contributed by atoms with E-state index >= 15 is 0 Å². The second-order valence-corrected chi connectivity index (χ2v) is 3.92. The molecule has 88 valence electrons. The van der Waals surface area contributed by atoms with Gasteiger partial charge >= 0.3 is 0 Å².